The molecule has 0 aliphatic heterocycles. The zero-order valence-electron chi connectivity index (χ0n) is 17.0. The van der Waals surface area contributed by atoms with Crippen molar-refractivity contribution < 1.29 is 23.9 Å². The van der Waals surface area contributed by atoms with Gasteiger partial charge in [0.1, 0.15) is 12.6 Å². The van der Waals surface area contributed by atoms with E-state index in [0.29, 0.717) is 31.7 Å². The quantitative estimate of drug-likeness (QED) is 0.147. The van der Waals surface area contributed by atoms with Crippen molar-refractivity contribution in [2.75, 3.05) is 26.4 Å². The van der Waals surface area contributed by atoms with Crippen LogP contribution in [0.5, 0.6) is 0 Å². The Balaban J connectivity index is 2.20. The zero-order chi connectivity index (χ0) is 21.5. The summed E-state index contributed by atoms with van der Waals surface area (Å²) in [5.41, 5.74) is 1.20. The number of rotatable bonds is 13. The van der Waals surface area contributed by atoms with Crippen LogP contribution in [0.25, 0.3) is 0 Å². The first-order valence-electron chi connectivity index (χ1n) is 9.63. The normalized spacial score (nSPS) is 11.8. The van der Waals surface area contributed by atoms with E-state index in [1.165, 1.54) is 6.21 Å². The Kier molecular flexibility index (Phi) is 11.7. The van der Waals surface area contributed by atoms with Gasteiger partial charge in [0.2, 0.25) is 5.91 Å². The van der Waals surface area contributed by atoms with Crippen LogP contribution in [0.3, 0.4) is 0 Å². The SMILES string of the molecule is CCCCOC(=O)COCCCNC(=O)[C@H](C)NC(=O)c1ccc(C=NN)cc1. The maximum Gasteiger partial charge on any atom is 0.332 e. The molecule has 1 aromatic rings. The number of nitrogens with zero attached hydrogens (tertiary/aromatic N) is 1. The molecule has 0 spiro atoms. The summed E-state index contributed by atoms with van der Waals surface area (Å²) in [5, 5.41) is 8.76. The second kappa shape index (κ2) is 14.1. The molecule has 9 nitrogen and oxygen atoms in total. The third-order valence-electron chi connectivity index (χ3n) is 3.88. The molecule has 4 N–H and O–H groups in total. The van der Waals surface area contributed by atoms with Crippen LogP contribution < -0.4 is 16.5 Å². The number of nitrogens with two attached hydrogens (primary N) is 1. The van der Waals surface area contributed by atoms with Gasteiger partial charge in [-0.3, -0.25) is 9.59 Å². The molecule has 160 valence electrons. The summed E-state index contributed by atoms with van der Waals surface area (Å²) in [7, 11) is 0. The van der Waals surface area contributed by atoms with Crippen LogP contribution >= 0.6 is 0 Å². The number of nitrogens with one attached hydrogen (secondary N) is 2. The van der Waals surface area contributed by atoms with Crippen LogP contribution in [-0.2, 0) is 19.1 Å². The molecule has 0 aliphatic carbocycles. The number of hydrogen-bond acceptors (Lipinski definition) is 7. The molecule has 1 atom stereocenters. The average molecular weight is 406 g/mol. The topological polar surface area (TPSA) is 132 Å². The van der Waals surface area contributed by atoms with E-state index in [2.05, 4.69) is 15.7 Å². The van der Waals surface area contributed by atoms with E-state index in [0.717, 1.165) is 18.4 Å². The summed E-state index contributed by atoms with van der Waals surface area (Å²) in [4.78, 5) is 35.6. The Hall–Kier alpha value is -2.94. The molecule has 0 aliphatic rings. The first-order chi connectivity index (χ1) is 14.0. The van der Waals surface area contributed by atoms with Crippen LogP contribution in [0.1, 0.15) is 49.0 Å². The highest BCUT2D eigenvalue weighted by atomic mass is 16.6. The number of hydrazone groups is 1. The highest BCUT2D eigenvalue weighted by Gasteiger charge is 2.16. The Labute approximate surface area is 171 Å². The zero-order valence-corrected chi connectivity index (χ0v) is 17.0. The van der Waals surface area contributed by atoms with Crippen molar-refractivity contribution in [3.63, 3.8) is 0 Å². The van der Waals surface area contributed by atoms with Crippen molar-refractivity contribution in [3.05, 3.63) is 35.4 Å². The van der Waals surface area contributed by atoms with Crippen molar-refractivity contribution in [1.82, 2.24) is 10.6 Å². The molecule has 1 aromatic carbocycles. The number of ether oxygens (including phenoxy) is 2. The third-order valence-corrected chi connectivity index (χ3v) is 3.88. The second-order valence-electron chi connectivity index (χ2n) is 6.37. The van der Waals surface area contributed by atoms with Crippen molar-refractivity contribution in [2.45, 2.75) is 39.2 Å². The van der Waals surface area contributed by atoms with Gasteiger partial charge in [-0.05, 0) is 37.5 Å². The van der Waals surface area contributed by atoms with E-state index in [4.69, 9.17) is 15.3 Å². The van der Waals surface area contributed by atoms with Crippen LogP contribution in [0.4, 0.5) is 0 Å². The smallest absolute Gasteiger partial charge is 0.332 e. The van der Waals surface area contributed by atoms with Crippen molar-refractivity contribution in [2.24, 2.45) is 10.9 Å². The lowest BCUT2D eigenvalue weighted by atomic mass is 10.1. The molecule has 0 heterocycles. The molecule has 2 amide bonds. The van der Waals surface area contributed by atoms with Crippen molar-refractivity contribution >= 4 is 24.0 Å². The molecule has 0 radical (unpaired) electrons. The fourth-order valence-electron chi connectivity index (χ4n) is 2.22. The number of hydrogen-bond donors (Lipinski definition) is 3. The minimum atomic E-state index is -0.692. The number of carbonyl (C=O) groups excluding carboxylic acids is 3. The molecule has 0 saturated carbocycles. The summed E-state index contributed by atoms with van der Waals surface area (Å²) in [5.74, 6) is 4.04. The lowest BCUT2D eigenvalue weighted by molar-refractivity contribution is -0.149. The van der Waals surface area contributed by atoms with Crippen LogP contribution in [-0.4, -0.2) is 56.4 Å². The van der Waals surface area contributed by atoms with Crippen LogP contribution in [0.2, 0.25) is 0 Å². The molecule has 0 bridgehead atoms. The number of carbonyl (C=O) groups is 3. The van der Waals surface area contributed by atoms with E-state index < -0.39 is 6.04 Å². The molecule has 29 heavy (non-hydrogen) atoms. The van der Waals surface area contributed by atoms with Gasteiger partial charge in [0, 0.05) is 18.7 Å². The fourth-order valence-corrected chi connectivity index (χ4v) is 2.22. The highest BCUT2D eigenvalue weighted by molar-refractivity contribution is 5.97. The van der Waals surface area contributed by atoms with Crippen LogP contribution in [0, 0.1) is 0 Å². The Bertz CT molecular complexity index is 676. The molecule has 9 heteroatoms. The predicted molar refractivity (Wildman–Crippen MR) is 109 cm³/mol. The van der Waals surface area contributed by atoms with E-state index in [9.17, 15) is 14.4 Å². The van der Waals surface area contributed by atoms with Gasteiger partial charge in [-0.15, -0.1) is 0 Å². The lowest BCUT2D eigenvalue weighted by Crippen LogP contribution is -2.45. The van der Waals surface area contributed by atoms with Crippen molar-refractivity contribution in [3.8, 4) is 0 Å². The largest absolute Gasteiger partial charge is 0.464 e. The van der Waals surface area contributed by atoms with Gasteiger partial charge in [-0.25, -0.2) is 4.79 Å². The summed E-state index contributed by atoms with van der Waals surface area (Å²) < 4.78 is 10.2. The molecule has 0 aromatic heterocycles. The first-order valence-corrected chi connectivity index (χ1v) is 9.63. The van der Waals surface area contributed by atoms with E-state index in [-0.39, 0.29) is 24.4 Å². The lowest BCUT2D eigenvalue weighted by Gasteiger charge is -2.14. The minimum Gasteiger partial charge on any atom is -0.464 e. The van der Waals surface area contributed by atoms with Gasteiger partial charge >= 0.3 is 5.97 Å². The molecule has 0 fully saturated rings. The molecular weight excluding hydrogens is 376 g/mol. The standard InChI is InChI=1S/C20H30N4O5/c1-3-4-12-29-18(25)14-28-11-5-10-22-19(26)15(2)24-20(27)17-8-6-16(7-9-17)13-23-21/h6-9,13,15H,3-5,10-12,14,21H2,1-2H3,(H,22,26)(H,24,27)/t15-/m0/s1. The van der Waals surface area contributed by atoms with E-state index in [1.54, 1.807) is 31.2 Å². The average Bonchev–Trinajstić information content (AvgIpc) is 2.71. The third kappa shape index (κ3) is 10.2. The molecule has 0 unspecified atom stereocenters. The monoisotopic (exact) mass is 406 g/mol. The molecule has 1 rings (SSSR count). The maximum absolute atomic E-state index is 12.2. The van der Waals surface area contributed by atoms with Crippen molar-refractivity contribution in [1.29, 1.82) is 0 Å². The van der Waals surface area contributed by atoms with Gasteiger partial charge in [0.15, 0.2) is 0 Å². The summed E-state index contributed by atoms with van der Waals surface area (Å²) in [6, 6.07) is 5.97. The molecule has 0 saturated heterocycles. The summed E-state index contributed by atoms with van der Waals surface area (Å²) in [6.07, 6.45) is 3.81. The van der Waals surface area contributed by atoms with Gasteiger partial charge < -0.3 is 25.9 Å². The number of amides is 2. The van der Waals surface area contributed by atoms with Gasteiger partial charge in [-0.1, -0.05) is 25.5 Å². The van der Waals surface area contributed by atoms with Gasteiger partial charge in [0.05, 0.1) is 12.8 Å². The first kappa shape index (κ1) is 24.1. The van der Waals surface area contributed by atoms with E-state index >= 15 is 0 Å². The highest BCUT2D eigenvalue weighted by Crippen LogP contribution is 2.03. The van der Waals surface area contributed by atoms with Gasteiger partial charge in [-0.2, -0.15) is 5.10 Å². The summed E-state index contributed by atoms with van der Waals surface area (Å²) >= 11 is 0. The summed E-state index contributed by atoms with van der Waals surface area (Å²) in [6.45, 7) is 4.62. The molecular formula is C20H30N4O5. The predicted octanol–water partition coefficient (Wildman–Crippen LogP) is 0.964. The Morgan fingerprint density at radius 3 is 2.55 bits per heavy atom. The maximum atomic E-state index is 12.2. The Morgan fingerprint density at radius 1 is 1.17 bits per heavy atom. The number of unbranched alkanes of at least 4 members (excludes halogenated alkanes) is 1. The van der Waals surface area contributed by atoms with Gasteiger partial charge in [0.25, 0.3) is 5.91 Å². The second-order valence-corrected chi connectivity index (χ2v) is 6.37. The van der Waals surface area contributed by atoms with Crippen LogP contribution in [0.15, 0.2) is 29.4 Å². The Morgan fingerprint density at radius 2 is 1.90 bits per heavy atom. The fraction of sp³-hybridized carbons (Fsp3) is 0.500. The van der Waals surface area contributed by atoms with E-state index in [1.807, 2.05) is 6.92 Å². The minimum absolute atomic E-state index is 0.0972. The number of esters is 1. The number of benzene rings is 1.